The molecule has 2 heterocycles. The fourth-order valence-electron chi connectivity index (χ4n) is 3.41. The minimum absolute atomic E-state index is 0.135. The molecule has 7 heteroatoms. The lowest BCUT2D eigenvalue weighted by atomic mass is 10.0. The summed E-state index contributed by atoms with van der Waals surface area (Å²) in [6, 6.07) is 12.7. The second-order valence-corrected chi connectivity index (χ2v) is 6.61. The van der Waals surface area contributed by atoms with Crippen molar-refractivity contribution >= 4 is 17.5 Å². The second kappa shape index (κ2) is 6.68. The number of anilines is 1. The SMILES string of the molecule is Cc1c(NC(=O)CC2NC(=O)c3ccccc32)cccc1-c1nncn1C. The van der Waals surface area contributed by atoms with Crippen LogP contribution >= 0.6 is 0 Å². The van der Waals surface area contributed by atoms with E-state index < -0.39 is 0 Å². The largest absolute Gasteiger partial charge is 0.345 e. The highest BCUT2D eigenvalue weighted by atomic mass is 16.2. The number of nitrogens with zero attached hydrogens (tertiary/aromatic N) is 3. The van der Waals surface area contributed by atoms with Gasteiger partial charge in [0.25, 0.3) is 5.91 Å². The van der Waals surface area contributed by atoms with E-state index in [4.69, 9.17) is 0 Å². The predicted molar refractivity (Wildman–Crippen MR) is 101 cm³/mol. The molecule has 0 saturated carbocycles. The second-order valence-electron chi connectivity index (χ2n) is 6.61. The molecular formula is C20H19N5O2. The Morgan fingerprint density at radius 3 is 2.74 bits per heavy atom. The third-order valence-corrected chi connectivity index (χ3v) is 4.84. The Balaban J connectivity index is 1.53. The van der Waals surface area contributed by atoms with Gasteiger partial charge in [0.15, 0.2) is 5.82 Å². The molecule has 2 aromatic carbocycles. The molecule has 3 aromatic rings. The lowest BCUT2D eigenvalue weighted by Gasteiger charge is -2.15. The van der Waals surface area contributed by atoms with Crippen LogP contribution in [0.1, 0.15) is 33.9 Å². The molecule has 0 aliphatic carbocycles. The summed E-state index contributed by atoms with van der Waals surface area (Å²) in [7, 11) is 1.88. The van der Waals surface area contributed by atoms with E-state index in [1.165, 1.54) is 0 Å². The van der Waals surface area contributed by atoms with E-state index in [1.807, 2.05) is 54.9 Å². The fraction of sp³-hybridized carbons (Fsp3) is 0.200. The highest BCUT2D eigenvalue weighted by Gasteiger charge is 2.29. The summed E-state index contributed by atoms with van der Waals surface area (Å²) >= 11 is 0. The zero-order valence-electron chi connectivity index (χ0n) is 15.1. The van der Waals surface area contributed by atoms with E-state index >= 15 is 0 Å². The van der Waals surface area contributed by atoms with Gasteiger partial charge in [0.05, 0.1) is 12.5 Å². The first-order valence-electron chi connectivity index (χ1n) is 8.68. The number of hydrogen-bond acceptors (Lipinski definition) is 4. The zero-order valence-corrected chi connectivity index (χ0v) is 15.1. The van der Waals surface area contributed by atoms with Crippen LogP contribution in [0.25, 0.3) is 11.4 Å². The fourth-order valence-corrected chi connectivity index (χ4v) is 3.41. The van der Waals surface area contributed by atoms with Crippen molar-refractivity contribution in [3.05, 3.63) is 65.5 Å². The number of carbonyl (C=O) groups is 2. The van der Waals surface area contributed by atoms with Crippen LogP contribution in [0.3, 0.4) is 0 Å². The number of rotatable bonds is 4. The molecule has 4 rings (SSSR count). The molecule has 2 amide bonds. The first kappa shape index (κ1) is 17.0. The average Bonchev–Trinajstić information content (AvgIpc) is 3.21. The molecule has 0 radical (unpaired) electrons. The maximum Gasteiger partial charge on any atom is 0.252 e. The highest BCUT2D eigenvalue weighted by Crippen LogP contribution is 2.29. The minimum atomic E-state index is -0.309. The summed E-state index contributed by atoms with van der Waals surface area (Å²) in [5.74, 6) is 0.444. The molecule has 2 N–H and O–H groups in total. The molecule has 0 fully saturated rings. The minimum Gasteiger partial charge on any atom is -0.345 e. The maximum absolute atomic E-state index is 12.6. The maximum atomic E-state index is 12.6. The molecule has 27 heavy (non-hydrogen) atoms. The normalized spacial score (nSPS) is 15.3. The third kappa shape index (κ3) is 3.08. The smallest absolute Gasteiger partial charge is 0.252 e. The Morgan fingerprint density at radius 2 is 1.96 bits per heavy atom. The molecule has 0 spiro atoms. The average molecular weight is 361 g/mol. The summed E-state index contributed by atoms with van der Waals surface area (Å²) in [5.41, 5.74) is 4.04. The standard InChI is InChI=1S/C20H19N5O2/c1-12-13(19-24-21-11-25(19)2)8-5-9-16(12)22-18(26)10-17-14-6-3-4-7-15(14)20(27)23-17/h3-9,11,17H,10H2,1-2H3,(H,22,26)(H,23,27). The van der Waals surface area contributed by atoms with E-state index in [0.29, 0.717) is 5.56 Å². The van der Waals surface area contributed by atoms with Crippen LogP contribution < -0.4 is 10.6 Å². The van der Waals surface area contributed by atoms with Crippen LogP contribution in [0, 0.1) is 6.92 Å². The van der Waals surface area contributed by atoms with E-state index in [2.05, 4.69) is 20.8 Å². The quantitative estimate of drug-likeness (QED) is 0.748. The number of aryl methyl sites for hydroxylation is 1. The van der Waals surface area contributed by atoms with Gasteiger partial charge in [0.2, 0.25) is 5.91 Å². The molecule has 1 atom stereocenters. The summed E-state index contributed by atoms with van der Waals surface area (Å²) < 4.78 is 1.83. The van der Waals surface area contributed by atoms with Crippen LogP contribution in [0.2, 0.25) is 0 Å². The van der Waals surface area contributed by atoms with Gasteiger partial charge in [-0.2, -0.15) is 0 Å². The summed E-state index contributed by atoms with van der Waals surface area (Å²) in [6.07, 6.45) is 1.82. The Morgan fingerprint density at radius 1 is 1.19 bits per heavy atom. The van der Waals surface area contributed by atoms with Crippen molar-refractivity contribution in [2.75, 3.05) is 5.32 Å². The molecule has 7 nitrogen and oxygen atoms in total. The zero-order chi connectivity index (χ0) is 19.0. The number of amides is 2. The summed E-state index contributed by atoms with van der Waals surface area (Å²) in [6.45, 7) is 1.94. The molecular weight excluding hydrogens is 342 g/mol. The number of aromatic nitrogens is 3. The van der Waals surface area contributed by atoms with Crippen LogP contribution in [0.5, 0.6) is 0 Å². The van der Waals surface area contributed by atoms with Crippen molar-refractivity contribution in [1.29, 1.82) is 0 Å². The number of hydrogen-bond donors (Lipinski definition) is 2. The van der Waals surface area contributed by atoms with Crippen molar-refractivity contribution in [1.82, 2.24) is 20.1 Å². The molecule has 0 saturated heterocycles. The van der Waals surface area contributed by atoms with Gasteiger partial charge in [0.1, 0.15) is 6.33 Å². The van der Waals surface area contributed by atoms with Gasteiger partial charge >= 0.3 is 0 Å². The lowest BCUT2D eigenvalue weighted by molar-refractivity contribution is -0.116. The molecule has 136 valence electrons. The molecule has 1 unspecified atom stereocenters. The van der Waals surface area contributed by atoms with Crippen molar-refractivity contribution in [2.45, 2.75) is 19.4 Å². The number of fused-ring (bicyclic) bond motifs is 1. The topological polar surface area (TPSA) is 88.9 Å². The first-order chi connectivity index (χ1) is 13.0. The highest BCUT2D eigenvalue weighted by molar-refractivity contribution is 6.00. The Kier molecular flexibility index (Phi) is 4.19. The predicted octanol–water partition coefficient (Wildman–Crippen LogP) is 2.60. The monoisotopic (exact) mass is 361 g/mol. The third-order valence-electron chi connectivity index (χ3n) is 4.84. The van der Waals surface area contributed by atoms with Crippen LogP contribution in [0.15, 0.2) is 48.8 Å². The van der Waals surface area contributed by atoms with Crippen LogP contribution in [-0.4, -0.2) is 26.6 Å². The van der Waals surface area contributed by atoms with Gasteiger partial charge in [-0.05, 0) is 30.2 Å². The van der Waals surface area contributed by atoms with Gasteiger partial charge in [-0.1, -0.05) is 30.3 Å². The van der Waals surface area contributed by atoms with Gasteiger partial charge in [-0.15, -0.1) is 10.2 Å². The van der Waals surface area contributed by atoms with Gasteiger partial charge < -0.3 is 15.2 Å². The van der Waals surface area contributed by atoms with Crippen molar-refractivity contribution in [3.8, 4) is 11.4 Å². The molecule has 1 aliphatic heterocycles. The van der Waals surface area contributed by atoms with E-state index in [-0.39, 0.29) is 24.3 Å². The number of benzene rings is 2. The Bertz CT molecular complexity index is 1040. The van der Waals surface area contributed by atoms with E-state index in [1.54, 1.807) is 12.4 Å². The van der Waals surface area contributed by atoms with Gasteiger partial charge in [-0.25, -0.2) is 0 Å². The van der Waals surface area contributed by atoms with E-state index in [0.717, 1.165) is 28.2 Å². The molecule has 0 bridgehead atoms. The van der Waals surface area contributed by atoms with Crippen LogP contribution in [-0.2, 0) is 11.8 Å². The van der Waals surface area contributed by atoms with Gasteiger partial charge in [-0.3, -0.25) is 9.59 Å². The van der Waals surface area contributed by atoms with Crippen molar-refractivity contribution < 1.29 is 9.59 Å². The summed E-state index contributed by atoms with van der Waals surface area (Å²) in [4.78, 5) is 24.6. The Hall–Kier alpha value is -3.48. The molecule has 1 aromatic heterocycles. The van der Waals surface area contributed by atoms with Crippen molar-refractivity contribution in [3.63, 3.8) is 0 Å². The number of carbonyl (C=O) groups excluding carboxylic acids is 2. The first-order valence-corrected chi connectivity index (χ1v) is 8.68. The van der Waals surface area contributed by atoms with E-state index in [9.17, 15) is 9.59 Å². The number of nitrogens with one attached hydrogen (secondary N) is 2. The van der Waals surface area contributed by atoms with Crippen LogP contribution in [0.4, 0.5) is 5.69 Å². The summed E-state index contributed by atoms with van der Waals surface area (Å²) in [5, 5.41) is 13.9. The molecule has 1 aliphatic rings. The van der Waals surface area contributed by atoms with Crippen molar-refractivity contribution in [2.24, 2.45) is 7.05 Å². The Labute approximate surface area is 156 Å². The van der Waals surface area contributed by atoms with Gasteiger partial charge in [0, 0.05) is 23.9 Å². The lowest BCUT2D eigenvalue weighted by Crippen LogP contribution is -2.24.